The van der Waals surface area contributed by atoms with Gasteiger partial charge < -0.3 is 14.2 Å². The second-order valence-electron chi connectivity index (χ2n) is 5.94. The lowest BCUT2D eigenvalue weighted by Gasteiger charge is -2.27. The molecular weight excluding hydrogens is 301 g/mol. The molecule has 1 aromatic carbocycles. The standard InChI is InChI=1S/C17H18FNO4/c18-16-7-14(6-3-12(16)8-19)23-17(20)11-1-4-13(5-2-11)21-9-15-10-22-15/h3,6-7,11,13,15H,1-2,4-5,9-10H2. The number of rotatable bonds is 5. The SMILES string of the molecule is N#Cc1ccc(OC(=O)C2CCC(OCC3CO3)CC2)cc1F. The number of nitrogens with zero attached hydrogens (tertiary/aromatic N) is 1. The third-order valence-electron chi connectivity index (χ3n) is 4.21. The van der Waals surface area contributed by atoms with Gasteiger partial charge in [-0.3, -0.25) is 4.79 Å². The van der Waals surface area contributed by atoms with E-state index in [2.05, 4.69) is 0 Å². The molecule has 122 valence electrons. The van der Waals surface area contributed by atoms with Crippen molar-refractivity contribution in [1.82, 2.24) is 0 Å². The topological polar surface area (TPSA) is 71.8 Å². The van der Waals surface area contributed by atoms with Gasteiger partial charge in [-0.2, -0.15) is 5.26 Å². The van der Waals surface area contributed by atoms with E-state index >= 15 is 0 Å². The normalized spacial score (nSPS) is 26.3. The Morgan fingerprint density at radius 2 is 2.09 bits per heavy atom. The van der Waals surface area contributed by atoms with Crippen molar-refractivity contribution in [3.8, 4) is 11.8 Å². The van der Waals surface area contributed by atoms with Crippen molar-refractivity contribution in [2.45, 2.75) is 37.9 Å². The van der Waals surface area contributed by atoms with E-state index in [1.54, 1.807) is 6.07 Å². The van der Waals surface area contributed by atoms with Crippen LogP contribution < -0.4 is 4.74 Å². The van der Waals surface area contributed by atoms with Crippen LogP contribution in [-0.4, -0.2) is 31.4 Å². The third kappa shape index (κ3) is 4.27. The fourth-order valence-corrected chi connectivity index (χ4v) is 2.72. The number of hydrogen-bond donors (Lipinski definition) is 0. The molecule has 0 aromatic heterocycles. The Balaban J connectivity index is 1.47. The largest absolute Gasteiger partial charge is 0.426 e. The monoisotopic (exact) mass is 319 g/mol. The van der Waals surface area contributed by atoms with Crippen LogP contribution in [0.1, 0.15) is 31.2 Å². The zero-order chi connectivity index (χ0) is 16.2. The molecule has 1 aliphatic heterocycles. The summed E-state index contributed by atoms with van der Waals surface area (Å²) in [5.41, 5.74) is -0.0675. The van der Waals surface area contributed by atoms with E-state index < -0.39 is 5.82 Å². The van der Waals surface area contributed by atoms with Crippen LogP contribution in [-0.2, 0) is 14.3 Å². The molecular formula is C17H18FNO4. The molecule has 0 spiro atoms. The van der Waals surface area contributed by atoms with Crippen molar-refractivity contribution in [2.24, 2.45) is 5.92 Å². The van der Waals surface area contributed by atoms with Crippen LogP contribution in [0.5, 0.6) is 5.75 Å². The first kappa shape index (κ1) is 15.9. The molecule has 1 heterocycles. The molecule has 2 fully saturated rings. The van der Waals surface area contributed by atoms with Crippen molar-refractivity contribution in [3.63, 3.8) is 0 Å². The van der Waals surface area contributed by atoms with Crippen LogP contribution in [0.3, 0.4) is 0 Å². The second-order valence-corrected chi connectivity index (χ2v) is 5.94. The summed E-state index contributed by atoms with van der Waals surface area (Å²) in [6.45, 7) is 1.41. The predicted molar refractivity (Wildman–Crippen MR) is 78.2 cm³/mol. The molecule has 0 radical (unpaired) electrons. The number of carbonyl (C=O) groups excluding carboxylic acids is 1. The summed E-state index contributed by atoms with van der Waals surface area (Å²) in [7, 11) is 0. The average Bonchev–Trinajstić information content (AvgIpc) is 3.38. The van der Waals surface area contributed by atoms with Gasteiger partial charge in [-0.1, -0.05) is 0 Å². The van der Waals surface area contributed by atoms with Gasteiger partial charge in [0.1, 0.15) is 23.7 Å². The average molecular weight is 319 g/mol. The molecule has 6 heteroatoms. The zero-order valence-corrected chi connectivity index (χ0v) is 12.7. The molecule has 1 saturated heterocycles. The fraction of sp³-hybridized carbons (Fsp3) is 0.529. The Kier molecular flexibility index (Phi) is 4.89. The van der Waals surface area contributed by atoms with Crippen LogP contribution in [0, 0.1) is 23.1 Å². The number of epoxide rings is 1. The minimum Gasteiger partial charge on any atom is -0.426 e. The highest BCUT2D eigenvalue weighted by molar-refractivity contribution is 5.75. The molecule has 1 aromatic rings. The van der Waals surface area contributed by atoms with Gasteiger partial charge in [-0.25, -0.2) is 4.39 Å². The summed E-state index contributed by atoms with van der Waals surface area (Å²) in [5.74, 6) is -1.09. The van der Waals surface area contributed by atoms with Gasteiger partial charge in [0.15, 0.2) is 0 Å². The molecule has 1 saturated carbocycles. The van der Waals surface area contributed by atoms with Crippen LogP contribution in [0.2, 0.25) is 0 Å². The van der Waals surface area contributed by atoms with Crippen molar-refractivity contribution in [3.05, 3.63) is 29.6 Å². The number of esters is 1. The maximum Gasteiger partial charge on any atom is 0.314 e. The molecule has 0 amide bonds. The number of hydrogen-bond acceptors (Lipinski definition) is 5. The number of nitriles is 1. The Morgan fingerprint density at radius 3 is 2.70 bits per heavy atom. The lowest BCUT2D eigenvalue weighted by molar-refractivity contribution is -0.141. The van der Waals surface area contributed by atoms with E-state index in [-0.39, 0.29) is 35.4 Å². The Hall–Kier alpha value is -1.97. The molecule has 0 bridgehead atoms. The van der Waals surface area contributed by atoms with E-state index in [4.69, 9.17) is 19.5 Å². The molecule has 1 atom stereocenters. The Labute approximate surface area is 133 Å². The Bertz CT molecular complexity index is 616. The number of benzene rings is 1. The molecule has 23 heavy (non-hydrogen) atoms. The van der Waals surface area contributed by atoms with Gasteiger partial charge in [0.05, 0.1) is 30.8 Å². The fourth-order valence-electron chi connectivity index (χ4n) is 2.72. The highest BCUT2D eigenvalue weighted by atomic mass is 19.1. The van der Waals surface area contributed by atoms with Crippen LogP contribution in [0.4, 0.5) is 4.39 Å². The molecule has 1 unspecified atom stereocenters. The highest BCUT2D eigenvalue weighted by Crippen LogP contribution is 2.29. The van der Waals surface area contributed by atoms with E-state index in [9.17, 15) is 9.18 Å². The molecule has 2 aliphatic rings. The molecule has 5 nitrogen and oxygen atoms in total. The third-order valence-corrected chi connectivity index (χ3v) is 4.21. The van der Waals surface area contributed by atoms with E-state index in [1.165, 1.54) is 12.1 Å². The number of carbonyl (C=O) groups is 1. The van der Waals surface area contributed by atoms with Gasteiger partial charge in [-0.05, 0) is 37.8 Å². The number of halogens is 1. The smallest absolute Gasteiger partial charge is 0.314 e. The summed E-state index contributed by atoms with van der Waals surface area (Å²) in [6.07, 6.45) is 3.46. The minimum absolute atomic E-state index is 0.0675. The molecule has 0 N–H and O–H groups in total. The first-order valence-corrected chi connectivity index (χ1v) is 7.80. The van der Waals surface area contributed by atoms with Gasteiger partial charge in [0, 0.05) is 6.07 Å². The van der Waals surface area contributed by atoms with E-state index in [0.717, 1.165) is 25.5 Å². The van der Waals surface area contributed by atoms with Crippen molar-refractivity contribution in [2.75, 3.05) is 13.2 Å². The van der Waals surface area contributed by atoms with Gasteiger partial charge in [0.25, 0.3) is 0 Å². The maximum absolute atomic E-state index is 13.5. The second kappa shape index (κ2) is 7.07. The van der Waals surface area contributed by atoms with Crippen LogP contribution in [0.15, 0.2) is 18.2 Å². The minimum atomic E-state index is -0.683. The molecule has 1 aliphatic carbocycles. The maximum atomic E-state index is 13.5. The summed E-state index contributed by atoms with van der Waals surface area (Å²) in [6, 6.07) is 5.54. The summed E-state index contributed by atoms with van der Waals surface area (Å²) in [4.78, 5) is 12.1. The predicted octanol–water partition coefficient (Wildman–Crippen LogP) is 2.58. The van der Waals surface area contributed by atoms with Gasteiger partial charge in [-0.15, -0.1) is 0 Å². The zero-order valence-electron chi connectivity index (χ0n) is 12.7. The Morgan fingerprint density at radius 1 is 1.35 bits per heavy atom. The lowest BCUT2D eigenvalue weighted by atomic mass is 9.87. The van der Waals surface area contributed by atoms with Crippen molar-refractivity contribution < 1.29 is 23.4 Å². The van der Waals surface area contributed by atoms with Gasteiger partial charge in [0.2, 0.25) is 0 Å². The first-order valence-electron chi connectivity index (χ1n) is 7.80. The first-order chi connectivity index (χ1) is 11.2. The summed E-state index contributed by atoms with van der Waals surface area (Å²) in [5, 5.41) is 8.68. The van der Waals surface area contributed by atoms with Gasteiger partial charge >= 0.3 is 5.97 Å². The summed E-state index contributed by atoms with van der Waals surface area (Å²) < 4.78 is 29.6. The number of ether oxygens (including phenoxy) is 3. The van der Waals surface area contributed by atoms with Crippen molar-refractivity contribution >= 4 is 5.97 Å². The molecule has 3 rings (SSSR count). The van der Waals surface area contributed by atoms with Crippen molar-refractivity contribution in [1.29, 1.82) is 5.26 Å². The lowest BCUT2D eigenvalue weighted by Crippen LogP contribution is -2.29. The van der Waals surface area contributed by atoms with Crippen LogP contribution in [0.25, 0.3) is 0 Å². The van der Waals surface area contributed by atoms with Crippen LogP contribution >= 0.6 is 0 Å². The summed E-state index contributed by atoms with van der Waals surface area (Å²) >= 11 is 0. The highest BCUT2D eigenvalue weighted by Gasteiger charge is 2.30. The quantitative estimate of drug-likeness (QED) is 0.474. The van der Waals surface area contributed by atoms with E-state index in [1.807, 2.05) is 0 Å². The van der Waals surface area contributed by atoms with E-state index in [0.29, 0.717) is 19.4 Å².